The van der Waals surface area contributed by atoms with E-state index >= 15 is 0 Å². The van der Waals surface area contributed by atoms with Gasteiger partial charge in [-0.1, -0.05) is 25.1 Å². The highest BCUT2D eigenvalue weighted by molar-refractivity contribution is 7.10. The van der Waals surface area contributed by atoms with Gasteiger partial charge < -0.3 is 15.6 Å². The standard InChI is InChI=1S/C20H27N5S/c1-3-21-20(23-14-15(2)18-10-7-13-26-18)22-12-6-11-19-24-16-8-4-5-9-17(16)25-19/h4-5,7-10,13,15H,3,6,11-12,14H2,1-2H3,(H,24,25)(H2,21,22,23). The van der Waals surface area contributed by atoms with Gasteiger partial charge in [0.25, 0.3) is 0 Å². The monoisotopic (exact) mass is 369 g/mol. The summed E-state index contributed by atoms with van der Waals surface area (Å²) in [5, 5.41) is 8.87. The van der Waals surface area contributed by atoms with E-state index < -0.39 is 0 Å². The van der Waals surface area contributed by atoms with Crippen LogP contribution in [0.15, 0.2) is 46.8 Å². The first-order valence-corrected chi connectivity index (χ1v) is 10.1. The van der Waals surface area contributed by atoms with Crippen LogP contribution in [0, 0.1) is 0 Å². The van der Waals surface area contributed by atoms with E-state index in [0.717, 1.165) is 55.3 Å². The van der Waals surface area contributed by atoms with Crippen LogP contribution < -0.4 is 10.6 Å². The summed E-state index contributed by atoms with van der Waals surface area (Å²) < 4.78 is 0. The number of imidazole rings is 1. The van der Waals surface area contributed by atoms with Crippen molar-refractivity contribution in [2.24, 2.45) is 4.99 Å². The lowest BCUT2D eigenvalue weighted by atomic mass is 10.1. The fraction of sp³-hybridized carbons (Fsp3) is 0.400. The molecule has 0 spiro atoms. The number of guanidine groups is 1. The van der Waals surface area contributed by atoms with E-state index in [1.165, 1.54) is 4.88 Å². The van der Waals surface area contributed by atoms with Crippen LogP contribution in [-0.2, 0) is 6.42 Å². The molecule has 5 nitrogen and oxygen atoms in total. The van der Waals surface area contributed by atoms with Gasteiger partial charge >= 0.3 is 0 Å². The molecule has 138 valence electrons. The lowest BCUT2D eigenvalue weighted by molar-refractivity contribution is 0.717. The molecule has 0 aliphatic rings. The molecule has 2 heterocycles. The number of rotatable bonds is 8. The molecule has 26 heavy (non-hydrogen) atoms. The molecule has 0 aliphatic heterocycles. The number of hydrogen-bond acceptors (Lipinski definition) is 3. The summed E-state index contributed by atoms with van der Waals surface area (Å²) in [6.45, 7) is 6.84. The second-order valence-electron chi connectivity index (χ2n) is 6.37. The molecule has 1 aromatic carbocycles. The highest BCUT2D eigenvalue weighted by atomic mass is 32.1. The Morgan fingerprint density at radius 2 is 2.12 bits per heavy atom. The zero-order chi connectivity index (χ0) is 18.2. The summed E-state index contributed by atoms with van der Waals surface area (Å²) in [4.78, 5) is 14.1. The minimum atomic E-state index is 0.445. The second-order valence-corrected chi connectivity index (χ2v) is 7.35. The first kappa shape index (κ1) is 18.5. The van der Waals surface area contributed by atoms with Gasteiger partial charge in [-0.15, -0.1) is 11.3 Å². The van der Waals surface area contributed by atoms with E-state index in [-0.39, 0.29) is 0 Å². The maximum atomic E-state index is 4.73. The third kappa shape index (κ3) is 5.08. The molecule has 0 saturated heterocycles. The summed E-state index contributed by atoms with van der Waals surface area (Å²) in [6.07, 6.45) is 1.93. The van der Waals surface area contributed by atoms with Gasteiger partial charge in [0.2, 0.25) is 0 Å². The Labute approximate surface area is 159 Å². The van der Waals surface area contributed by atoms with Crippen molar-refractivity contribution in [2.45, 2.75) is 32.6 Å². The van der Waals surface area contributed by atoms with Crippen LogP contribution in [0.4, 0.5) is 0 Å². The zero-order valence-corrected chi connectivity index (χ0v) is 16.3. The van der Waals surface area contributed by atoms with Crippen LogP contribution in [0.25, 0.3) is 11.0 Å². The van der Waals surface area contributed by atoms with Crippen molar-refractivity contribution < 1.29 is 0 Å². The maximum absolute atomic E-state index is 4.73. The van der Waals surface area contributed by atoms with E-state index in [1.54, 1.807) is 11.3 Å². The molecule has 3 N–H and O–H groups in total. The number of nitrogens with one attached hydrogen (secondary N) is 3. The van der Waals surface area contributed by atoms with Gasteiger partial charge in [-0.2, -0.15) is 0 Å². The zero-order valence-electron chi connectivity index (χ0n) is 15.5. The molecule has 3 aromatic rings. The van der Waals surface area contributed by atoms with Crippen LogP contribution in [0.2, 0.25) is 0 Å². The molecular weight excluding hydrogens is 342 g/mol. The number of fused-ring (bicyclic) bond motifs is 1. The number of hydrogen-bond donors (Lipinski definition) is 3. The lowest BCUT2D eigenvalue weighted by Gasteiger charge is -2.12. The number of aliphatic imine (C=N–C) groups is 1. The van der Waals surface area contributed by atoms with Crippen molar-refractivity contribution in [3.8, 4) is 0 Å². The largest absolute Gasteiger partial charge is 0.357 e. The summed E-state index contributed by atoms with van der Waals surface area (Å²) in [5.74, 6) is 2.38. The van der Waals surface area contributed by atoms with Gasteiger partial charge in [-0.25, -0.2) is 4.98 Å². The minimum absolute atomic E-state index is 0.445. The summed E-state index contributed by atoms with van der Waals surface area (Å²) >= 11 is 1.80. The average molecular weight is 370 g/mol. The van der Waals surface area contributed by atoms with Gasteiger partial charge in [0.1, 0.15) is 5.82 Å². The number of H-pyrrole nitrogens is 1. The van der Waals surface area contributed by atoms with Gasteiger partial charge in [0, 0.05) is 30.3 Å². The molecular formula is C20H27N5S. The Bertz CT molecular complexity index is 789. The highest BCUT2D eigenvalue weighted by Crippen LogP contribution is 2.20. The molecule has 3 rings (SSSR count). The highest BCUT2D eigenvalue weighted by Gasteiger charge is 2.07. The second kappa shape index (κ2) is 9.38. The Kier molecular flexibility index (Phi) is 6.66. The van der Waals surface area contributed by atoms with Crippen molar-refractivity contribution in [3.05, 3.63) is 52.5 Å². The number of nitrogens with zero attached hydrogens (tertiary/aromatic N) is 2. The number of benzene rings is 1. The Morgan fingerprint density at radius 1 is 1.23 bits per heavy atom. The molecule has 2 aromatic heterocycles. The summed E-state index contributed by atoms with van der Waals surface area (Å²) in [7, 11) is 0. The lowest BCUT2D eigenvalue weighted by Crippen LogP contribution is -2.38. The number of para-hydroxylation sites is 2. The normalized spacial score (nSPS) is 13.1. The molecule has 0 aliphatic carbocycles. The number of thiophene rings is 1. The first-order valence-electron chi connectivity index (χ1n) is 9.25. The third-order valence-corrected chi connectivity index (χ3v) is 5.32. The smallest absolute Gasteiger partial charge is 0.191 e. The quantitative estimate of drug-likeness (QED) is 0.320. The summed E-state index contributed by atoms with van der Waals surface area (Å²) in [6, 6.07) is 12.4. The minimum Gasteiger partial charge on any atom is -0.357 e. The van der Waals surface area contributed by atoms with Crippen molar-refractivity contribution in [2.75, 3.05) is 19.6 Å². The Hall–Kier alpha value is -2.34. The van der Waals surface area contributed by atoms with Gasteiger partial charge in [-0.05, 0) is 36.9 Å². The molecule has 1 unspecified atom stereocenters. The average Bonchev–Trinajstić information content (AvgIpc) is 3.32. The van der Waals surface area contributed by atoms with E-state index in [4.69, 9.17) is 4.99 Å². The van der Waals surface area contributed by atoms with Crippen molar-refractivity contribution in [1.29, 1.82) is 0 Å². The topological polar surface area (TPSA) is 65.1 Å². The van der Waals surface area contributed by atoms with Crippen molar-refractivity contribution >= 4 is 28.3 Å². The summed E-state index contributed by atoms with van der Waals surface area (Å²) in [5.41, 5.74) is 2.14. The van der Waals surface area contributed by atoms with E-state index in [0.29, 0.717) is 5.92 Å². The molecule has 0 saturated carbocycles. The van der Waals surface area contributed by atoms with Crippen LogP contribution in [-0.4, -0.2) is 35.6 Å². The van der Waals surface area contributed by atoms with E-state index in [1.807, 2.05) is 18.2 Å². The number of aryl methyl sites for hydroxylation is 1. The SMILES string of the molecule is CCNC(=NCC(C)c1cccs1)NCCCc1nc2ccccc2[nH]1. The molecule has 1 atom stereocenters. The molecule has 0 fully saturated rings. The van der Waals surface area contributed by atoms with Crippen molar-refractivity contribution in [1.82, 2.24) is 20.6 Å². The van der Waals surface area contributed by atoms with Crippen LogP contribution in [0.1, 0.15) is 36.9 Å². The van der Waals surface area contributed by atoms with Crippen molar-refractivity contribution in [3.63, 3.8) is 0 Å². The van der Waals surface area contributed by atoms with E-state index in [2.05, 4.69) is 58.0 Å². The van der Waals surface area contributed by atoms with Crippen LogP contribution in [0.3, 0.4) is 0 Å². The number of aromatic amines is 1. The predicted molar refractivity (Wildman–Crippen MR) is 111 cm³/mol. The first-order chi connectivity index (χ1) is 12.8. The fourth-order valence-corrected chi connectivity index (χ4v) is 3.60. The molecule has 0 bridgehead atoms. The number of aromatic nitrogens is 2. The van der Waals surface area contributed by atoms with Gasteiger partial charge in [0.05, 0.1) is 17.6 Å². The molecule has 0 amide bonds. The fourth-order valence-electron chi connectivity index (χ4n) is 2.82. The van der Waals surface area contributed by atoms with Gasteiger partial charge in [0.15, 0.2) is 5.96 Å². The molecule has 6 heteroatoms. The van der Waals surface area contributed by atoms with E-state index in [9.17, 15) is 0 Å². The van der Waals surface area contributed by atoms with Crippen LogP contribution >= 0.6 is 11.3 Å². The third-order valence-electron chi connectivity index (χ3n) is 4.22. The Morgan fingerprint density at radius 3 is 2.88 bits per heavy atom. The van der Waals surface area contributed by atoms with Gasteiger partial charge in [-0.3, -0.25) is 4.99 Å². The molecule has 0 radical (unpaired) electrons. The van der Waals surface area contributed by atoms with Crippen LogP contribution in [0.5, 0.6) is 0 Å². The predicted octanol–water partition coefficient (Wildman–Crippen LogP) is 3.92. The Balaban J connectivity index is 1.46. The maximum Gasteiger partial charge on any atom is 0.191 e.